The summed E-state index contributed by atoms with van der Waals surface area (Å²) >= 11 is 0. The van der Waals surface area contributed by atoms with E-state index in [1.807, 2.05) is 32.0 Å². The summed E-state index contributed by atoms with van der Waals surface area (Å²) in [6.07, 6.45) is 6.80. The van der Waals surface area contributed by atoms with Crippen LogP contribution >= 0.6 is 0 Å². The molecule has 28 heavy (non-hydrogen) atoms. The van der Waals surface area contributed by atoms with Crippen molar-refractivity contribution in [2.24, 2.45) is 17.6 Å². The minimum Gasteiger partial charge on any atom is -0.480 e. The largest absolute Gasteiger partial charge is 0.480 e. The number of aliphatic carboxylic acids is 1. The number of benzene rings is 1. The van der Waals surface area contributed by atoms with E-state index < -0.39 is 5.97 Å². The third-order valence-electron chi connectivity index (χ3n) is 4.04. The summed E-state index contributed by atoms with van der Waals surface area (Å²) in [6, 6.07) is 10.3. The lowest BCUT2D eigenvalue weighted by Gasteiger charge is -2.25. The Morgan fingerprint density at radius 2 is 1.68 bits per heavy atom. The van der Waals surface area contributed by atoms with Crippen molar-refractivity contribution < 1.29 is 14.7 Å². The van der Waals surface area contributed by atoms with Crippen molar-refractivity contribution in [3.8, 4) is 0 Å². The Labute approximate surface area is 172 Å². The van der Waals surface area contributed by atoms with Gasteiger partial charge in [0.2, 0.25) is 5.91 Å². The van der Waals surface area contributed by atoms with Crippen molar-refractivity contribution in [2.45, 2.75) is 73.1 Å². The molecule has 1 aliphatic carbocycles. The summed E-state index contributed by atoms with van der Waals surface area (Å²) in [7, 11) is 0. The highest BCUT2D eigenvalue weighted by molar-refractivity contribution is 5.78. The van der Waals surface area contributed by atoms with Crippen molar-refractivity contribution >= 4 is 11.9 Å². The van der Waals surface area contributed by atoms with Crippen LogP contribution in [0, 0.1) is 11.8 Å². The number of carbonyl (C=O) groups excluding carboxylic acids is 1. The first-order chi connectivity index (χ1) is 13.4. The fourth-order valence-corrected chi connectivity index (χ4v) is 2.79. The normalized spacial score (nSPS) is 17.4. The van der Waals surface area contributed by atoms with Crippen LogP contribution in [0.4, 0.5) is 0 Å². The highest BCUT2D eigenvalue weighted by Gasteiger charge is 2.24. The Morgan fingerprint density at radius 3 is 2.14 bits per heavy atom. The molecule has 162 valence electrons. The van der Waals surface area contributed by atoms with Crippen LogP contribution in [0.1, 0.15) is 72.3 Å². The van der Waals surface area contributed by atoms with Gasteiger partial charge in [-0.1, -0.05) is 84.2 Å². The van der Waals surface area contributed by atoms with Gasteiger partial charge in [0.05, 0.1) is 6.54 Å². The first-order valence-electron chi connectivity index (χ1n) is 10.7. The zero-order valence-electron chi connectivity index (χ0n) is 18.5. The van der Waals surface area contributed by atoms with Gasteiger partial charge < -0.3 is 16.2 Å². The first kappa shape index (κ1) is 28.3. The molecular weight excluding hydrogens is 352 g/mol. The lowest BCUT2D eigenvalue weighted by Crippen LogP contribution is -2.34. The van der Waals surface area contributed by atoms with E-state index >= 15 is 0 Å². The predicted molar refractivity (Wildman–Crippen MR) is 118 cm³/mol. The molecule has 0 bridgehead atoms. The van der Waals surface area contributed by atoms with Gasteiger partial charge in [-0.3, -0.25) is 9.59 Å². The van der Waals surface area contributed by atoms with Gasteiger partial charge in [-0.25, -0.2) is 0 Å². The van der Waals surface area contributed by atoms with Crippen LogP contribution in [0.15, 0.2) is 30.3 Å². The van der Waals surface area contributed by atoms with E-state index in [0.717, 1.165) is 25.8 Å². The SMILES string of the molecule is CC.CC1CCCC(C(=O)NCCc2ccccc2)C1.CCC.NCC(=O)O. The van der Waals surface area contributed by atoms with Gasteiger partial charge in [-0.2, -0.15) is 0 Å². The Balaban J connectivity index is 0. The smallest absolute Gasteiger partial charge is 0.317 e. The molecule has 1 aromatic rings. The van der Waals surface area contributed by atoms with E-state index in [-0.39, 0.29) is 18.4 Å². The maximum absolute atomic E-state index is 12.0. The average Bonchev–Trinajstić information content (AvgIpc) is 2.71. The monoisotopic (exact) mass is 394 g/mol. The van der Waals surface area contributed by atoms with Crippen molar-refractivity contribution in [3.05, 3.63) is 35.9 Å². The van der Waals surface area contributed by atoms with Crippen LogP contribution < -0.4 is 11.1 Å². The Morgan fingerprint density at radius 1 is 1.14 bits per heavy atom. The van der Waals surface area contributed by atoms with E-state index in [1.165, 1.54) is 24.8 Å². The van der Waals surface area contributed by atoms with E-state index in [1.54, 1.807) is 0 Å². The number of amides is 1. The van der Waals surface area contributed by atoms with Crippen LogP contribution in [0.2, 0.25) is 0 Å². The third-order valence-corrected chi connectivity index (χ3v) is 4.04. The van der Waals surface area contributed by atoms with E-state index in [0.29, 0.717) is 5.92 Å². The summed E-state index contributed by atoms with van der Waals surface area (Å²) in [5.41, 5.74) is 5.86. The summed E-state index contributed by atoms with van der Waals surface area (Å²) < 4.78 is 0. The van der Waals surface area contributed by atoms with Crippen LogP contribution in [0.25, 0.3) is 0 Å². The molecule has 2 unspecified atom stereocenters. The second-order valence-corrected chi connectivity index (χ2v) is 6.80. The molecule has 5 nitrogen and oxygen atoms in total. The molecule has 0 aliphatic heterocycles. The van der Waals surface area contributed by atoms with Crippen LogP contribution in [-0.4, -0.2) is 30.1 Å². The molecule has 0 radical (unpaired) electrons. The van der Waals surface area contributed by atoms with Gasteiger partial charge in [0.25, 0.3) is 0 Å². The number of carboxylic acids is 1. The number of hydrogen-bond acceptors (Lipinski definition) is 3. The van der Waals surface area contributed by atoms with Gasteiger partial charge in [0.1, 0.15) is 0 Å². The minimum absolute atomic E-state index is 0.254. The maximum atomic E-state index is 12.0. The number of carbonyl (C=O) groups is 2. The van der Waals surface area contributed by atoms with Crippen molar-refractivity contribution in [2.75, 3.05) is 13.1 Å². The van der Waals surface area contributed by atoms with Crippen molar-refractivity contribution in [1.82, 2.24) is 5.32 Å². The molecule has 1 saturated carbocycles. The van der Waals surface area contributed by atoms with E-state index in [9.17, 15) is 9.59 Å². The molecular formula is C23H42N2O3. The number of nitrogens with two attached hydrogens (primary N) is 1. The molecule has 4 N–H and O–H groups in total. The molecule has 1 aliphatic rings. The molecule has 0 saturated heterocycles. The fraction of sp³-hybridized carbons (Fsp3) is 0.652. The van der Waals surface area contributed by atoms with Crippen LogP contribution in [0.5, 0.6) is 0 Å². The number of nitrogens with one attached hydrogen (secondary N) is 1. The molecule has 1 fully saturated rings. The molecule has 2 atom stereocenters. The standard InChI is InChI=1S/C16H23NO.C3H8.C2H5NO2.C2H6/c1-13-6-5-9-15(12-13)16(18)17-11-10-14-7-3-2-4-8-14;1-3-2;3-1-2(4)5;1-2/h2-4,7-8,13,15H,5-6,9-12H2,1H3,(H,17,18);3H2,1-2H3;1,3H2,(H,4,5);1-2H3. The Hall–Kier alpha value is -1.88. The van der Waals surface area contributed by atoms with Gasteiger partial charge in [0, 0.05) is 12.5 Å². The Bertz CT molecular complexity index is 492. The molecule has 5 heteroatoms. The van der Waals surface area contributed by atoms with Gasteiger partial charge in [0.15, 0.2) is 0 Å². The number of carboxylic acid groups (broad SMARTS) is 1. The molecule has 1 amide bonds. The topological polar surface area (TPSA) is 92.4 Å². The van der Waals surface area contributed by atoms with E-state index in [4.69, 9.17) is 5.11 Å². The Kier molecular flexibility index (Phi) is 20.1. The quantitative estimate of drug-likeness (QED) is 0.678. The minimum atomic E-state index is -0.968. The van der Waals surface area contributed by atoms with Gasteiger partial charge in [-0.05, 0) is 30.7 Å². The maximum Gasteiger partial charge on any atom is 0.317 e. The molecule has 0 spiro atoms. The van der Waals surface area contributed by atoms with Crippen LogP contribution in [-0.2, 0) is 16.0 Å². The lowest BCUT2D eigenvalue weighted by molar-refractivity contribution is -0.135. The van der Waals surface area contributed by atoms with Crippen molar-refractivity contribution in [3.63, 3.8) is 0 Å². The zero-order chi connectivity index (χ0) is 21.8. The van der Waals surface area contributed by atoms with E-state index in [2.05, 4.69) is 44.0 Å². The third kappa shape index (κ3) is 16.3. The summed E-state index contributed by atoms with van der Waals surface area (Å²) in [6.45, 7) is 11.0. The second kappa shape index (κ2) is 19.9. The zero-order valence-corrected chi connectivity index (χ0v) is 18.5. The van der Waals surface area contributed by atoms with Crippen LogP contribution in [0.3, 0.4) is 0 Å². The van der Waals surface area contributed by atoms with Crippen molar-refractivity contribution in [1.29, 1.82) is 0 Å². The summed E-state index contributed by atoms with van der Waals surface area (Å²) in [4.78, 5) is 21.3. The first-order valence-corrected chi connectivity index (χ1v) is 10.7. The average molecular weight is 395 g/mol. The highest BCUT2D eigenvalue weighted by Crippen LogP contribution is 2.28. The van der Waals surface area contributed by atoms with Gasteiger partial charge >= 0.3 is 5.97 Å². The number of hydrogen-bond donors (Lipinski definition) is 3. The molecule has 0 aromatic heterocycles. The summed E-state index contributed by atoms with van der Waals surface area (Å²) in [5.74, 6) is 0.260. The number of rotatable bonds is 5. The second-order valence-electron chi connectivity index (χ2n) is 6.80. The highest BCUT2D eigenvalue weighted by atomic mass is 16.4. The fourth-order valence-electron chi connectivity index (χ4n) is 2.79. The lowest BCUT2D eigenvalue weighted by atomic mass is 9.82. The molecule has 1 aromatic carbocycles. The van der Waals surface area contributed by atoms with Gasteiger partial charge in [-0.15, -0.1) is 0 Å². The predicted octanol–water partition coefficient (Wildman–Crippen LogP) is 4.64. The molecule has 2 rings (SSSR count). The molecule has 0 heterocycles. The summed E-state index contributed by atoms with van der Waals surface area (Å²) in [5, 5.41) is 10.7.